The third kappa shape index (κ3) is 4.48. The Morgan fingerprint density at radius 1 is 1.56 bits per heavy atom. The van der Waals surface area contributed by atoms with E-state index in [1.54, 1.807) is 6.92 Å². The molecule has 0 unspecified atom stereocenters. The number of aromatic nitrogens is 4. The van der Waals surface area contributed by atoms with Gasteiger partial charge in [0.05, 0.1) is 11.5 Å². The highest BCUT2D eigenvalue weighted by Gasteiger charge is 2.17. The zero-order valence-electron chi connectivity index (χ0n) is 12.9. The smallest absolute Gasteiger partial charge is 0.411 e. The third-order valence-corrected chi connectivity index (χ3v) is 2.80. The SMILES string of the molecule is CCOC(=O)Nc1ccc(NC=C(C#N)c2nn[nH]n2)cc1[N+](=O)[O-]. The number of amides is 1. The van der Waals surface area contributed by atoms with Gasteiger partial charge in [0.15, 0.2) is 0 Å². The van der Waals surface area contributed by atoms with E-state index in [9.17, 15) is 14.9 Å². The number of nitrogens with one attached hydrogen (secondary N) is 3. The first-order valence-electron chi connectivity index (χ1n) is 6.88. The Kier molecular flexibility index (Phi) is 5.56. The number of aromatic amines is 1. The zero-order valence-corrected chi connectivity index (χ0v) is 12.9. The van der Waals surface area contributed by atoms with Crippen LogP contribution >= 0.6 is 0 Å². The molecular weight excluding hydrogens is 332 g/mol. The Hall–Kier alpha value is -4.01. The van der Waals surface area contributed by atoms with Crippen molar-refractivity contribution in [2.75, 3.05) is 17.2 Å². The zero-order chi connectivity index (χ0) is 18.2. The third-order valence-electron chi connectivity index (χ3n) is 2.80. The van der Waals surface area contributed by atoms with Crippen LogP contribution in [0.15, 0.2) is 24.4 Å². The van der Waals surface area contributed by atoms with Crippen LogP contribution in [0.3, 0.4) is 0 Å². The van der Waals surface area contributed by atoms with Gasteiger partial charge in [-0.3, -0.25) is 15.4 Å². The molecule has 0 aliphatic carbocycles. The van der Waals surface area contributed by atoms with E-state index in [0.717, 1.165) is 0 Å². The van der Waals surface area contributed by atoms with Crippen molar-refractivity contribution in [2.45, 2.75) is 6.92 Å². The molecule has 1 aromatic carbocycles. The van der Waals surface area contributed by atoms with Crippen LogP contribution in [-0.4, -0.2) is 38.2 Å². The van der Waals surface area contributed by atoms with E-state index < -0.39 is 11.0 Å². The van der Waals surface area contributed by atoms with Gasteiger partial charge in [-0.05, 0) is 24.3 Å². The van der Waals surface area contributed by atoms with Gasteiger partial charge >= 0.3 is 6.09 Å². The number of rotatable bonds is 6. The quantitative estimate of drug-likeness (QED) is 0.400. The van der Waals surface area contributed by atoms with Gasteiger partial charge in [-0.15, -0.1) is 10.2 Å². The molecule has 0 bridgehead atoms. The fraction of sp³-hybridized carbons (Fsp3) is 0.154. The van der Waals surface area contributed by atoms with Crippen LogP contribution in [0.1, 0.15) is 12.7 Å². The Labute approximate surface area is 140 Å². The van der Waals surface area contributed by atoms with Crippen molar-refractivity contribution in [3.8, 4) is 6.07 Å². The van der Waals surface area contributed by atoms with E-state index >= 15 is 0 Å². The molecule has 0 aliphatic rings. The number of nitrogens with zero attached hydrogens (tertiary/aromatic N) is 5. The molecule has 0 saturated carbocycles. The molecule has 2 rings (SSSR count). The van der Waals surface area contributed by atoms with Crippen molar-refractivity contribution in [1.29, 1.82) is 5.26 Å². The van der Waals surface area contributed by atoms with Gasteiger partial charge in [0.25, 0.3) is 5.69 Å². The van der Waals surface area contributed by atoms with Crippen LogP contribution in [0, 0.1) is 21.4 Å². The Balaban J connectivity index is 2.22. The van der Waals surface area contributed by atoms with Crippen LogP contribution in [0.4, 0.5) is 21.9 Å². The number of nitro benzene ring substituents is 1. The van der Waals surface area contributed by atoms with Gasteiger partial charge in [0, 0.05) is 18.0 Å². The van der Waals surface area contributed by atoms with Crippen molar-refractivity contribution in [3.63, 3.8) is 0 Å². The van der Waals surface area contributed by atoms with Gasteiger partial charge in [0.2, 0.25) is 5.82 Å². The standard InChI is InChI=1S/C13H12N8O4/c1-2-25-13(22)16-10-4-3-9(5-11(10)21(23)24)15-7-8(6-14)12-17-19-20-18-12/h3-5,7,15H,2H2,1H3,(H,16,22)(H,17,18,19,20). The summed E-state index contributed by atoms with van der Waals surface area (Å²) in [6.07, 6.45) is 0.484. The molecule has 1 aromatic heterocycles. The molecule has 25 heavy (non-hydrogen) atoms. The van der Waals surface area contributed by atoms with Crippen molar-refractivity contribution >= 4 is 28.7 Å². The molecule has 1 amide bonds. The van der Waals surface area contributed by atoms with Gasteiger partial charge in [-0.25, -0.2) is 4.79 Å². The minimum atomic E-state index is -0.796. The fourth-order valence-electron chi connectivity index (χ4n) is 1.73. The summed E-state index contributed by atoms with van der Waals surface area (Å²) >= 11 is 0. The first kappa shape index (κ1) is 17.3. The summed E-state index contributed by atoms with van der Waals surface area (Å²) in [6, 6.07) is 5.89. The number of anilines is 2. The van der Waals surface area contributed by atoms with Crippen LogP contribution in [-0.2, 0) is 4.74 Å². The monoisotopic (exact) mass is 344 g/mol. The normalized spacial score (nSPS) is 10.6. The van der Waals surface area contributed by atoms with E-state index in [1.807, 2.05) is 6.07 Å². The van der Waals surface area contributed by atoms with Gasteiger partial charge in [-0.2, -0.15) is 10.5 Å². The van der Waals surface area contributed by atoms with Crippen LogP contribution in [0.5, 0.6) is 0 Å². The lowest BCUT2D eigenvalue weighted by Crippen LogP contribution is -2.14. The Morgan fingerprint density at radius 3 is 2.96 bits per heavy atom. The molecule has 0 saturated heterocycles. The van der Waals surface area contributed by atoms with E-state index in [-0.39, 0.29) is 29.4 Å². The van der Waals surface area contributed by atoms with Gasteiger partial charge in [-0.1, -0.05) is 0 Å². The van der Waals surface area contributed by atoms with E-state index in [0.29, 0.717) is 5.69 Å². The molecular formula is C13H12N8O4. The molecule has 12 heteroatoms. The number of carbonyl (C=O) groups is 1. The lowest BCUT2D eigenvalue weighted by atomic mass is 10.2. The van der Waals surface area contributed by atoms with Crippen LogP contribution < -0.4 is 10.6 Å². The van der Waals surface area contributed by atoms with E-state index in [2.05, 4.69) is 36.0 Å². The number of nitriles is 1. The van der Waals surface area contributed by atoms with E-state index in [1.165, 1.54) is 24.4 Å². The molecule has 3 N–H and O–H groups in total. The minimum absolute atomic E-state index is 0.0170. The average Bonchev–Trinajstić information content (AvgIpc) is 3.11. The summed E-state index contributed by atoms with van der Waals surface area (Å²) < 4.78 is 4.69. The highest BCUT2D eigenvalue weighted by Crippen LogP contribution is 2.28. The summed E-state index contributed by atoms with van der Waals surface area (Å²) in [5, 5.41) is 38.1. The highest BCUT2D eigenvalue weighted by atomic mass is 16.6. The first-order chi connectivity index (χ1) is 12.0. The molecule has 12 nitrogen and oxygen atoms in total. The summed E-state index contributed by atoms with van der Waals surface area (Å²) in [5.41, 5.74) is 0.0312. The second kappa shape index (κ2) is 8.02. The number of hydrogen-bond acceptors (Lipinski definition) is 9. The molecule has 0 radical (unpaired) electrons. The maximum atomic E-state index is 11.4. The van der Waals surface area contributed by atoms with E-state index in [4.69, 9.17) is 5.26 Å². The predicted molar refractivity (Wildman–Crippen MR) is 85.1 cm³/mol. The first-order valence-corrected chi connectivity index (χ1v) is 6.88. The number of H-pyrrole nitrogens is 1. The van der Waals surface area contributed by atoms with Gasteiger partial charge in [0.1, 0.15) is 17.3 Å². The molecule has 0 fully saturated rings. The summed E-state index contributed by atoms with van der Waals surface area (Å²) in [4.78, 5) is 21.9. The van der Waals surface area contributed by atoms with Gasteiger partial charge < -0.3 is 10.1 Å². The average molecular weight is 344 g/mol. The Bertz CT molecular complexity index is 840. The minimum Gasteiger partial charge on any atom is -0.450 e. The molecule has 128 valence electrons. The second-order valence-corrected chi connectivity index (χ2v) is 4.38. The maximum Gasteiger partial charge on any atom is 0.411 e. The van der Waals surface area contributed by atoms with Crippen LogP contribution in [0.25, 0.3) is 5.57 Å². The number of tetrazole rings is 1. The lowest BCUT2D eigenvalue weighted by Gasteiger charge is -2.08. The molecule has 0 aliphatic heterocycles. The number of nitro groups is 1. The topological polar surface area (TPSA) is 172 Å². The molecule has 1 heterocycles. The highest BCUT2D eigenvalue weighted by molar-refractivity contribution is 5.88. The van der Waals surface area contributed by atoms with Crippen molar-refractivity contribution < 1.29 is 14.5 Å². The number of benzene rings is 1. The second-order valence-electron chi connectivity index (χ2n) is 4.38. The molecule has 0 atom stereocenters. The molecule has 0 spiro atoms. The maximum absolute atomic E-state index is 11.4. The predicted octanol–water partition coefficient (Wildman–Crippen LogP) is 1.65. The van der Waals surface area contributed by atoms with Crippen molar-refractivity contribution in [1.82, 2.24) is 20.6 Å². The van der Waals surface area contributed by atoms with Crippen molar-refractivity contribution in [3.05, 3.63) is 40.3 Å². The summed E-state index contributed by atoms with van der Waals surface area (Å²) in [6.45, 7) is 1.75. The number of allylic oxidation sites excluding steroid dienone is 1. The summed E-state index contributed by atoms with van der Waals surface area (Å²) in [7, 11) is 0. The fourth-order valence-corrected chi connectivity index (χ4v) is 1.73. The van der Waals surface area contributed by atoms with Crippen LogP contribution in [0.2, 0.25) is 0 Å². The summed E-state index contributed by atoms with van der Waals surface area (Å²) in [5.74, 6) is 0.0742. The number of ether oxygens (including phenoxy) is 1. The largest absolute Gasteiger partial charge is 0.450 e. The lowest BCUT2D eigenvalue weighted by molar-refractivity contribution is -0.383. The molecule has 2 aromatic rings. The number of hydrogen-bond donors (Lipinski definition) is 3. The number of carbonyl (C=O) groups excluding carboxylic acids is 1. The Morgan fingerprint density at radius 2 is 2.36 bits per heavy atom. The van der Waals surface area contributed by atoms with Crippen molar-refractivity contribution in [2.24, 2.45) is 0 Å².